The highest BCUT2D eigenvalue weighted by Gasteiger charge is 2.23. The highest BCUT2D eigenvalue weighted by Crippen LogP contribution is 2.34. The number of hydrogen-bond acceptors (Lipinski definition) is 6. The van der Waals surface area contributed by atoms with E-state index in [1.54, 1.807) is 25.1 Å². The van der Waals surface area contributed by atoms with Gasteiger partial charge >= 0.3 is 5.97 Å². The van der Waals surface area contributed by atoms with Gasteiger partial charge in [-0.2, -0.15) is 0 Å². The third-order valence-corrected chi connectivity index (χ3v) is 4.87. The van der Waals surface area contributed by atoms with Gasteiger partial charge in [0.1, 0.15) is 16.5 Å². The number of carbonyl (C=O) groups is 2. The molecular weight excluding hydrogens is 342 g/mol. The van der Waals surface area contributed by atoms with Crippen LogP contribution in [0.1, 0.15) is 38.1 Å². The maximum atomic E-state index is 12.7. The van der Waals surface area contributed by atoms with E-state index in [0.717, 1.165) is 10.4 Å². The fourth-order valence-corrected chi connectivity index (χ4v) is 3.37. The lowest BCUT2D eigenvalue weighted by Crippen LogP contribution is -2.15. The Kier molecular flexibility index (Phi) is 6.03. The molecular formula is C18H21NO5S. The summed E-state index contributed by atoms with van der Waals surface area (Å²) >= 11 is 1.34. The Hall–Kier alpha value is -2.54. The van der Waals surface area contributed by atoms with Crippen molar-refractivity contribution in [2.45, 2.75) is 20.8 Å². The molecule has 1 aromatic heterocycles. The first-order valence-electron chi connectivity index (χ1n) is 7.73. The van der Waals surface area contributed by atoms with Crippen LogP contribution in [0.3, 0.4) is 0 Å². The second-order valence-electron chi connectivity index (χ2n) is 5.23. The zero-order chi connectivity index (χ0) is 18.6. The number of anilines is 1. The van der Waals surface area contributed by atoms with Gasteiger partial charge in [0.05, 0.1) is 32.0 Å². The lowest BCUT2D eigenvalue weighted by molar-refractivity contribution is 0.0527. The second kappa shape index (κ2) is 8.02. The second-order valence-corrected chi connectivity index (χ2v) is 6.45. The summed E-state index contributed by atoms with van der Waals surface area (Å²) in [5.74, 6) is 0.121. The molecule has 0 fully saturated rings. The molecule has 0 aliphatic rings. The number of thiophene rings is 1. The van der Waals surface area contributed by atoms with Gasteiger partial charge in [0, 0.05) is 4.88 Å². The van der Waals surface area contributed by atoms with Crippen LogP contribution in [0.4, 0.5) is 5.00 Å². The lowest BCUT2D eigenvalue weighted by atomic mass is 10.1. The summed E-state index contributed by atoms with van der Waals surface area (Å²) in [5, 5.41) is 3.26. The van der Waals surface area contributed by atoms with Gasteiger partial charge < -0.3 is 19.5 Å². The largest absolute Gasteiger partial charge is 0.497 e. The van der Waals surface area contributed by atoms with Crippen molar-refractivity contribution < 1.29 is 23.8 Å². The molecule has 2 rings (SSSR count). The molecule has 0 spiro atoms. The number of carbonyl (C=O) groups excluding carboxylic acids is 2. The molecule has 2 aromatic rings. The van der Waals surface area contributed by atoms with Gasteiger partial charge in [0.25, 0.3) is 5.91 Å². The third kappa shape index (κ3) is 3.93. The molecule has 0 bridgehead atoms. The summed E-state index contributed by atoms with van der Waals surface area (Å²) in [6, 6.07) is 4.95. The lowest BCUT2D eigenvalue weighted by Gasteiger charge is -2.11. The first kappa shape index (κ1) is 18.8. The van der Waals surface area contributed by atoms with Crippen LogP contribution in [0, 0.1) is 13.8 Å². The fourth-order valence-electron chi connectivity index (χ4n) is 2.33. The smallest absolute Gasteiger partial charge is 0.341 e. The molecule has 0 radical (unpaired) electrons. The van der Waals surface area contributed by atoms with E-state index < -0.39 is 5.97 Å². The van der Waals surface area contributed by atoms with Crippen molar-refractivity contribution in [1.29, 1.82) is 0 Å². The van der Waals surface area contributed by atoms with Crippen molar-refractivity contribution in [3.8, 4) is 11.5 Å². The summed E-state index contributed by atoms with van der Waals surface area (Å²) in [6.07, 6.45) is 0. The average Bonchev–Trinajstić information content (AvgIpc) is 2.88. The Morgan fingerprint density at radius 1 is 1.16 bits per heavy atom. The van der Waals surface area contributed by atoms with Crippen LogP contribution in [0.25, 0.3) is 0 Å². The number of nitrogens with one attached hydrogen (secondary N) is 1. The Morgan fingerprint density at radius 2 is 1.88 bits per heavy atom. The maximum absolute atomic E-state index is 12.7. The highest BCUT2D eigenvalue weighted by molar-refractivity contribution is 7.16. The SMILES string of the molecule is CCOC(=O)c1c(NC(=O)c2cc(OC)ccc2OC)sc(C)c1C. The molecule has 0 saturated carbocycles. The van der Waals surface area contributed by atoms with Crippen molar-refractivity contribution in [2.24, 2.45) is 0 Å². The van der Waals surface area contributed by atoms with E-state index in [4.69, 9.17) is 14.2 Å². The number of rotatable bonds is 6. The van der Waals surface area contributed by atoms with E-state index in [0.29, 0.717) is 27.6 Å². The zero-order valence-electron chi connectivity index (χ0n) is 14.9. The third-order valence-electron chi connectivity index (χ3n) is 3.74. The monoisotopic (exact) mass is 363 g/mol. The molecule has 0 aliphatic heterocycles. The van der Waals surface area contributed by atoms with Crippen molar-refractivity contribution in [1.82, 2.24) is 0 Å². The summed E-state index contributed by atoms with van der Waals surface area (Å²) < 4.78 is 15.5. The van der Waals surface area contributed by atoms with Gasteiger partial charge in [0.2, 0.25) is 0 Å². The van der Waals surface area contributed by atoms with Crippen LogP contribution in [-0.2, 0) is 4.74 Å². The van der Waals surface area contributed by atoms with Crippen LogP contribution in [-0.4, -0.2) is 32.7 Å². The minimum absolute atomic E-state index is 0.268. The van der Waals surface area contributed by atoms with Crippen molar-refractivity contribution >= 4 is 28.2 Å². The zero-order valence-corrected chi connectivity index (χ0v) is 15.7. The van der Waals surface area contributed by atoms with Gasteiger partial charge in [0.15, 0.2) is 0 Å². The normalized spacial score (nSPS) is 10.3. The molecule has 0 saturated heterocycles. The molecule has 0 unspecified atom stereocenters. The molecule has 25 heavy (non-hydrogen) atoms. The highest BCUT2D eigenvalue weighted by atomic mass is 32.1. The Morgan fingerprint density at radius 3 is 2.48 bits per heavy atom. The minimum Gasteiger partial charge on any atom is -0.497 e. The number of hydrogen-bond donors (Lipinski definition) is 1. The van der Waals surface area contributed by atoms with Crippen LogP contribution >= 0.6 is 11.3 Å². The average molecular weight is 363 g/mol. The van der Waals surface area contributed by atoms with Crippen LogP contribution in [0.2, 0.25) is 0 Å². The van der Waals surface area contributed by atoms with Gasteiger partial charge in [-0.15, -0.1) is 11.3 Å². The molecule has 1 heterocycles. The molecule has 7 heteroatoms. The van der Waals surface area contributed by atoms with Crippen LogP contribution < -0.4 is 14.8 Å². The van der Waals surface area contributed by atoms with E-state index in [-0.39, 0.29) is 12.5 Å². The number of benzene rings is 1. The van der Waals surface area contributed by atoms with Gasteiger partial charge in [-0.25, -0.2) is 4.79 Å². The van der Waals surface area contributed by atoms with Gasteiger partial charge in [-0.1, -0.05) is 0 Å². The van der Waals surface area contributed by atoms with E-state index in [9.17, 15) is 9.59 Å². The number of amides is 1. The number of aryl methyl sites for hydroxylation is 1. The van der Waals surface area contributed by atoms with Crippen LogP contribution in [0.5, 0.6) is 11.5 Å². The molecule has 6 nitrogen and oxygen atoms in total. The van der Waals surface area contributed by atoms with Gasteiger partial charge in [-0.3, -0.25) is 4.79 Å². The standard InChI is InChI=1S/C18H21NO5S/c1-6-24-18(21)15-10(2)11(3)25-17(15)19-16(20)13-9-12(22-4)7-8-14(13)23-5/h7-9H,6H2,1-5H3,(H,19,20). The Balaban J connectivity index is 2.39. The quantitative estimate of drug-likeness (QED) is 0.790. The maximum Gasteiger partial charge on any atom is 0.341 e. The summed E-state index contributed by atoms with van der Waals surface area (Å²) in [6.45, 7) is 5.74. The molecule has 1 aromatic carbocycles. The number of esters is 1. The minimum atomic E-state index is -0.447. The number of ether oxygens (including phenoxy) is 3. The van der Waals surface area contributed by atoms with E-state index >= 15 is 0 Å². The molecule has 1 N–H and O–H groups in total. The molecule has 0 aliphatic carbocycles. The van der Waals surface area contributed by atoms with Crippen LogP contribution in [0.15, 0.2) is 18.2 Å². The Bertz CT molecular complexity index is 797. The predicted octanol–water partition coefficient (Wildman–Crippen LogP) is 3.81. The van der Waals surface area contributed by atoms with E-state index in [1.165, 1.54) is 25.6 Å². The summed E-state index contributed by atoms with van der Waals surface area (Å²) in [5.41, 5.74) is 1.51. The van der Waals surface area contributed by atoms with E-state index in [2.05, 4.69) is 5.32 Å². The van der Waals surface area contributed by atoms with Gasteiger partial charge in [-0.05, 0) is 44.5 Å². The molecule has 134 valence electrons. The topological polar surface area (TPSA) is 73.9 Å². The summed E-state index contributed by atoms with van der Waals surface area (Å²) in [7, 11) is 3.01. The molecule has 0 atom stereocenters. The summed E-state index contributed by atoms with van der Waals surface area (Å²) in [4.78, 5) is 25.9. The van der Waals surface area contributed by atoms with Crippen molar-refractivity contribution in [3.05, 3.63) is 39.8 Å². The molecule has 1 amide bonds. The van der Waals surface area contributed by atoms with Crippen molar-refractivity contribution in [3.63, 3.8) is 0 Å². The number of methoxy groups -OCH3 is 2. The predicted molar refractivity (Wildman–Crippen MR) is 97.2 cm³/mol. The first-order valence-corrected chi connectivity index (χ1v) is 8.55. The first-order chi connectivity index (χ1) is 11.9. The van der Waals surface area contributed by atoms with Crippen molar-refractivity contribution in [2.75, 3.05) is 26.1 Å². The van der Waals surface area contributed by atoms with E-state index in [1.807, 2.05) is 13.8 Å². The Labute approximate surface area is 150 Å². The fraction of sp³-hybridized carbons (Fsp3) is 0.333.